The van der Waals surface area contributed by atoms with Gasteiger partial charge in [-0.2, -0.15) is 5.10 Å². The van der Waals surface area contributed by atoms with Crippen molar-refractivity contribution >= 4 is 25.3 Å². The zero-order chi connectivity index (χ0) is 22.4. The first kappa shape index (κ1) is 22.6. The van der Waals surface area contributed by atoms with Crippen LogP contribution in [0, 0.1) is 5.82 Å². The van der Waals surface area contributed by atoms with E-state index in [2.05, 4.69) is 10.4 Å². The molecule has 3 aromatic rings. The van der Waals surface area contributed by atoms with Gasteiger partial charge in [0.15, 0.2) is 0 Å². The zero-order valence-electron chi connectivity index (χ0n) is 17.4. The fourth-order valence-corrected chi connectivity index (χ4v) is 4.10. The normalized spacial score (nSPS) is 11.7. The molecule has 0 aliphatic rings. The summed E-state index contributed by atoms with van der Waals surface area (Å²) in [5, 5.41) is 6.97. The van der Waals surface area contributed by atoms with Gasteiger partial charge < -0.3 is 14.4 Å². The first-order valence-electron chi connectivity index (χ1n) is 9.40. The van der Waals surface area contributed by atoms with Gasteiger partial charge in [-0.3, -0.25) is 14.0 Å². The number of aromatic nitrogens is 2. The SMILES string of the molecule is COP(=O)(Cc1ccc(NC(=O)/C=C/c2cnn(C)c2-c2cccc(F)c2)cc1)OC. The van der Waals surface area contributed by atoms with Crippen LogP contribution in [0.1, 0.15) is 11.1 Å². The lowest BCUT2D eigenvalue weighted by atomic mass is 10.1. The Labute approximate surface area is 180 Å². The third-order valence-corrected chi connectivity index (χ3v) is 6.50. The molecule has 0 atom stereocenters. The van der Waals surface area contributed by atoms with Gasteiger partial charge >= 0.3 is 7.60 Å². The summed E-state index contributed by atoms with van der Waals surface area (Å²) < 4.78 is 37.3. The van der Waals surface area contributed by atoms with Gasteiger partial charge in [0.05, 0.1) is 18.1 Å². The molecule has 7 nitrogen and oxygen atoms in total. The molecule has 3 rings (SSSR count). The van der Waals surface area contributed by atoms with Crippen LogP contribution in [0.2, 0.25) is 0 Å². The van der Waals surface area contributed by atoms with Crippen LogP contribution in [-0.4, -0.2) is 29.9 Å². The minimum Gasteiger partial charge on any atom is -0.323 e. The molecule has 2 aromatic carbocycles. The van der Waals surface area contributed by atoms with Gasteiger partial charge in [-0.1, -0.05) is 24.3 Å². The van der Waals surface area contributed by atoms with Crippen LogP contribution >= 0.6 is 7.60 Å². The third kappa shape index (κ3) is 5.76. The van der Waals surface area contributed by atoms with E-state index in [9.17, 15) is 13.8 Å². The molecule has 0 aliphatic heterocycles. The number of hydrogen-bond donors (Lipinski definition) is 1. The number of carbonyl (C=O) groups is 1. The van der Waals surface area contributed by atoms with Crippen molar-refractivity contribution in [2.45, 2.75) is 6.16 Å². The number of carbonyl (C=O) groups excluding carboxylic acids is 1. The molecule has 0 bridgehead atoms. The molecule has 1 heterocycles. The van der Waals surface area contributed by atoms with E-state index in [1.165, 1.54) is 32.4 Å². The number of benzene rings is 2. The van der Waals surface area contributed by atoms with Gasteiger partial charge in [-0.25, -0.2) is 4.39 Å². The van der Waals surface area contributed by atoms with Gasteiger partial charge in [0.2, 0.25) is 5.91 Å². The highest BCUT2D eigenvalue weighted by Crippen LogP contribution is 2.49. The highest BCUT2D eigenvalue weighted by atomic mass is 31.2. The maximum Gasteiger partial charge on any atom is 0.334 e. The summed E-state index contributed by atoms with van der Waals surface area (Å²) >= 11 is 0. The number of nitrogens with one attached hydrogen (secondary N) is 1. The lowest BCUT2D eigenvalue weighted by molar-refractivity contribution is -0.111. The predicted molar refractivity (Wildman–Crippen MR) is 118 cm³/mol. The van der Waals surface area contributed by atoms with Crippen molar-refractivity contribution in [3.05, 3.63) is 77.7 Å². The fraction of sp³-hybridized carbons (Fsp3) is 0.182. The standard InChI is InChI=1S/C22H23FN3O4P/c1-26-22(17-5-4-6-19(23)13-17)18(14-24-26)9-12-21(27)25-20-10-7-16(8-11-20)15-31(28,29-2)30-3/h4-14H,15H2,1-3H3,(H,25,27)/b12-9+. The first-order valence-corrected chi connectivity index (χ1v) is 11.1. The van der Waals surface area contributed by atoms with Crippen molar-refractivity contribution in [3.63, 3.8) is 0 Å². The van der Waals surface area contributed by atoms with Crippen LogP contribution in [0.15, 0.2) is 60.8 Å². The van der Waals surface area contributed by atoms with Crippen LogP contribution in [0.4, 0.5) is 10.1 Å². The Balaban J connectivity index is 1.69. The van der Waals surface area contributed by atoms with Crippen molar-refractivity contribution in [2.24, 2.45) is 7.05 Å². The third-order valence-electron chi connectivity index (χ3n) is 4.63. The van der Waals surface area contributed by atoms with E-state index < -0.39 is 7.60 Å². The lowest BCUT2D eigenvalue weighted by Crippen LogP contribution is -2.07. The quantitative estimate of drug-likeness (QED) is 0.397. The van der Waals surface area contributed by atoms with E-state index in [-0.39, 0.29) is 17.9 Å². The van der Waals surface area contributed by atoms with E-state index in [1.807, 2.05) is 0 Å². The lowest BCUT2D eigenvalue weighted by Gasteiger charge is -2.13. The largest absolute Gasteiger partial charge is 0.334 e. The molecule has 162 valence electrons. The molecule has 0 unspecified atom stereocenters. The van der Waals surface area contributed by atoms with E-state index in [0.717, 1.165) is 5.56 Å². The van der Waals surface area contributed by atoms with Gasteiger partial charge in [-0.15, -0.1) is 0 Å². The van der Waals surface area contributed by atoms with Crippen molar-refractivity contribution < 1.29 is 22.8 Å². The van der Waals surface area contributed by atoms with Crippen molar-refractivity contribution in [3.8, 4) is 11.3 Å². The highest BCUT2D eigenvalue weighted by Gasteiger charge is 2.21. The topological polar surface area (TPSA) is 82.5 Å². The molecule has 0 saturated carbocycles. The molecule has 0 fully saturated rings. The summed E-state index contributed by atoms with van der Waals surface area (Å²) in [5.41, 5.74) is 3.40. The number of nitrogens with zero attached hydrogens (tertiary/aromatic N) is 2. The minimum atomic E-state index is -3.15. The Kier molecular flexibility index (Phi) is 7.17. The molecule has 0 aliphatic carbocycles. The monoisotopic (exact) mass is 443 g/mol. The number of hydrogen-bond acceptors (Lipinski definition) is 5. The predicted octanol–water partition coefficient (Wildman–Crippen LogP) is 4.86. The average molecular weight is 443 g/mol. The second kappa shape index (κ2) is 9.83. The van der Waals surface area contributed by atoms with Gasteiger partial charge in [0, 0.05) is 44.2 Å². The van der Waals surface area contributed by atoms with Gasteiger partial charge in [0.1, 0.15) is 5.82 Å². The molecule has 0 saturated heterocycles. The molecule has 9 heteroatoms. The molecule has 0 radical (unpaired) electrons. The fourth-order valence-electron chi connectivity index (χ4n) is 3.04. The smallest absolute Gasteiger partial charge is 0.323 e. The van der Waals surface area contributed by atoms with Crippen molar-refractivity contribution in [2.75, 3.05) is 19.5 Å². The van der Waals surface area contributed by atoms with Gasteiger partial charge in [0.25, 0.3) is 0 Å². The zero-order valence-corrected chi connectivity index (χ0v) is 18.3. The highest BCUT2D eigenvalue weighted by molar-refractivity contribution is 7.52. The number of aryl methyl sites for hydroxylation is 1. The number of anilines is 1. The Hall–Kier alpha value is -3.06. The molecule has 1 aromatic heterocycles. The summed E-state index contributed by atoms with van der Waals surface area (Å²) in [6.07, 6.45) is 4.77. The first-order chi connectivity index (χ1) is 14.8. The van der Waals surface area contributed by atoms with Crippen LogP contribution in [0.5, 0.6) is 0 Å². The van der Waals surface area contributed by atoms with Crippen molar-refractivity contribution in [1.82, 2.24) is 9.78 Å². The van der Waals surface area contributed by atoms with Crippen molar-refractivity contribution in [1.29, 1.82) is 0 Å². The molecule has 1 N–H and O–H groups in total. The van der Waals surface area contributed by atoms with Crippen LogP contribution < -0.4 is 5.32 Å². The maximum absolute atomic E-state index is 13.6. The Morgan fingerprint density at radius 3 is 2.55 bits per heavy atom. The second-order valence-electron chi connectivity index (χ2n) is 6.74. The second-order valence-corrected chi connectivity index (χ2v) is 9.00. The maximum atomic E-state index is 13.6. The summed E-state index contributed by atoms with van der Waals surface area (Å²) in [7, 11) is 1.28. The molecule has 31 heavy (non-hydrogen) atoms. The van der Waals surface area contributed by atoms with E-state index >= 15 is 0 Å². The minimum absolute atomic E-state index is 0.137. The number of amides is 1. The summed E-state index contributed by atoms with van der Waals surface area (Å²) in [6, 6.07) is 13.1. The van der Waals surface area contributed by atoms with E-state index in [1.54, 1.807) is 60.4 Å². The van der Waals surface area contributed by atoms with Crippen LogP contribution in [0.3, 0.4) is 0 Å². The van der Waals surface area contributed by atoms with Crippen LogP contribution in [-0.2, 0) is 31.6 Å². The van der Waals surface area contributed by atoms with Crippen LogP contribution in [0.25, 0.3) is 17.3 Å². The molecular formula is C22H23FN3O4P. The summed E-state index contributed by atoms with van der Waals surface area (Å²) in [5.74, 6) is -0.677. The Bertz CT molecular complexity index is 1130. The molecule has 0 spiro atoms. The van der Waals surface area contributed by atoms with Gasteiger partial charge in [-0.05, 0) is 35.9 Å². The van der Waals surface area contributed by atoms with E-state index in [0.29, 0.717) is 22.5 Å². The summed E-state index contributed by atoms with van der Waals surface area (Å²) in [6.45, 7) is 0. The molecular weight excluding hydrogens is 420 g/mol. The number of rotatable bonds is 8. The average Bonchev–Trinajstić information content (AvgIpc) is 3.14. The number of halogens is 1. The Morgan fingerprint density at radius 2 is 1.90 bits per heavy atom. The molecule has 1 amide bonds. The van der Waals surface area contributed by atoms with E-state index in [4.69, 9.17) is 9.05 Å². The summed E-state index contributed by atoms with van der Waals surface area (Å²) in [4.78, 5) is 12.3. The Morgan fingerprint density at radius 1 is 1.19 bits per heavy atom.